The number of rotatable bonds is 5. The van der Waals surface area contributed by atoms with Crippen molar-refractivity contribution in [3.63, 3.8) is 0 Å². The highest BCUT2D eigenvalue weighted by molar-refractivity contribution is 5.78. The minimum absolute atomic E-state index is 0.0188. The van der Waals surface area contributed by atoms with Gasteiger partial charge in [-0.3, -0.25) is 4.79 Å². The number of nitrogens with zero attached hydrogens (tertiary/aromatic N) is 1. The maximum atomic E-state index is 13.0. The smallest absolute Gasteiger partial charge is 0.331 e. The average molecular weight is 243 g/mol. The third kappa shape index (κ3) is 2.77. The Hall–Kier alpha value is -1.98. The molecule has 0 radical (unpaired) electrons. The number of hydrogen-bond acceptors (Lipinski definition) is 2. The number of hydrogen-bond donors (Lipinski definition) is 1. The van der Waals surface area contributed by atoms with E-state index in [0.717, 1.165) is 23.1 Å². The van der Waals surface area contributed by atoms with Gasteiger partial charge in [0.25, 0.3) is 0 Å². The fraction of sp³-hybridized carbons (Fsp3) is 0.273. The second-order valence-electron chi connectivity index (χ2n) is 3.35. The summed E-state index contributed by atoms with van der Waals surface area (Å²) < 4.78 is 25.7. The summed E-state index contributed by atoms with van der Waals surface area (Å²) in [6.45, 7) is 1.74. The van der Waals surface area contributed by atoms with Crippen LogP contribution in [0.5, 0.6) is 0 Å². The van der Waals surface area contributed by atoms with Crippen LogP contribution in [0.15, 0.2) is 18.2 Å². The molecule has 0 aliphatic heterocycles. The van der Waals surface area contributed by atoms with Crippen molar-refractivity contribution in [2.75, 3.05) is 6.54 Å². The molecule has 0 saturated carbocycles. The van der Waals surface area contributed by atoms with Crippen LogP contribution in [0.25, 0.3) is 0 Å². The van der Waals surface area contributed by atoms with Gasteiger partial charge in [-0.2, -0.15) is 0 Å². The SMILES string of the molecule is CCN(C=O)C(C(=O)O)c1ccc(F)c(F)c1. The van der Waals surface area contributed by atoms with Gasteiger partial charge in [0.1, 0.15) is 0 Å². The normalized spacial score (nSPS) is 11.9. The molecule has 1 unspecified atom stereocenters. The summed E-state index contributed by atoms with van der Waals surface area (Å²) >= 11 is 0. The van der Waals surface area contributed by atoms with Gasteiger partial charge in [0.05, 0.1) is 0 Å². The van der Waals surface area contributed by atoms with E-state index in [0.29, 0.717) is 6.41 Å². The molecule has 0 aliphatic carbocycles. The Balaban J connectivity index is 3.18. The van der Waals surface area contributed by atoms with E-state index in [1.807, 2.05) is 0 Å². The number of benzene rings is 1. The van der Waals surface area contributed by atoms with E-state index in [1.54, 1.807) is 6.92 Å². The standard InChI is InChI=1S/C11H11F2NO3/c1-2-14(6-15)10(11(16)17)7-3-4-8(12)9(13)5-7/h3-6,10H,2H2,1H3,(H,16,17). The summed E-state index contributed by atoms with van der Waals surface area (Å²) in [4.78, 5) is 22.7. The second kappa shape index (κ2) is 5.38. The average Bonchev–Trinajstić information content (AvgIpc) is 2.29. The largest absolute Gasteiger partial charge is 0.479 e. The molecule has 0 fully saturated rings. The summed E-state index contributed by atoms with van der Waals surface area (Å²) in [5.41, 5.74) is 0.0188. The number of amides is 1. The molecular formula is C11H11F2NO3. The lowest BCUT2D eigenvalue weighted by molar-refractivity contribution is -0.146. The van der Waals surface area contributed by atoms with Gasteiger partial charge in [-0.1, -0.05) is 6.07 Å². The van der Waals surface area contributed by atoms with Gasteiger partial charge in [-0.25, -0.2) is 13.6 Å². The van der Waals surface area contributed by atoms with Crippen molar-refractivity contribution >= 4 is 12.4 Å². The molecule has 6 heteroatoms. The predicted octanol–water partition coefficient (Wildman–Crippen LogP) is 1.57. The van der Waals surface area contributed by atoms with E-state index >= 15 is 0 Å². The summed E-state index contributed by atoms with van der Waals surface area (Å²) in [5.74, 6) is -3.51. The van der Waals surface area contributed by atoms with Crippen LogP contribution in [0.1, 0.15) is 18.5 Å². The zero-order chi connectivity index (χ0) is 13.0. The minimum Gasteiger partial charge on any atom is -0.479 e. The van der Waals surface area contributed by atoms with Crippen molar-refractivity contribution in [2.24, 2.45) is 0 Å². The highest BCUT2D eigenvalue weighted by atomic mass is 19.2. The van der Waals surface area contributed by atoms with Crippen LogP contribution in [-0.4, -0.2) is 28.9 Å². The van der Waals surface area contributed by atoms with Gasteiger partial charge >= 0.3 is 5.97 Å². The van der Waals surface area contributed by atoms with E-state index < -0.39 is 23.6 Å². The number of aliphatic carboxylic acids is 1. The molecule has 0 aliphatic rings. The van der Waals surface area contributed by atoms with Crippen molar-refractivity contribution in [1.29, 1.82) is 0 Å². The van der Waals surface area contributed by atoms with Crippen LogP contribution in [-0.2, 0) is 9.59 Å². The molecule has 1 atom stereocenters. The van der Waals surface area contributed by atoms with Gasteiger partial charge in [0.15, 0.2) is 17.7 Å². The number of carbonyl (C=O) groups is 2. The highest BCUT2D eigenvalue weighted by Gasteiger charge is 2.26. The molecule has 17 heavy (non-hydrogen) atoms. The van der Waals surface area contributed by atoms with Gasteiger partial charge in [0.2, 0.25) is 6.41 Å². The molecule has 92 valence electrons. The number of carboxylic acids is 1. The molecule has 0 saturated heterocycles. The van der Waals surface area contributed by atoms with Gasteiger partial charge < -0.3 is 10.0 Å². The van der Waals surface area contributed by atoms with Crippen LogP contribution < -0.4 is 0 Å². The fourth-order valence-corrected chi connectivity index (χ4v) is 1.48. The van der Waals surface area contributed by atoms with Crippen molar-refractivity contribution < 1.29 is 23.5 Å². The fourth-order valence-electron chi connectivity index (χ4n) is 1.48. The Kier molecular flexibility index (Phi) is 4.14. The molecule has 0 heterocycles. The van der Waals surface area contributed by atoms with Crippen molar-refractivity contribution in [3.05, 3.63) is 35.4 Å². The van der Waals surface area contributed by atoms with E-state index in [4.69, 9.17) is 5.11 Å². The molecule has 1 amide bonds. The Morgan fingerprint density at radius 2 is 2.12 bits per heavy atom. The first-order valence-corrected chi connectivity index (χ1v) is 4.90. The Bertz CT molecular complexity index is 437. The molecule has 4 nitrogen and oxygen atoms in total. The van der Waals surface area contributed by atoms with E-state index in [9.17, 15) is 18.4 Å². The topological polar surface area (TPSA) is 57.6 Å². The molecule has 1 N–H and O–H groups in total. The first-order chi connectivity index (χ1) is 8.01. The molecule has 1 rings (SSSR count). The molecule has 0 aromatic heterocycles. The monoisotopic (exact) mass is 243 g/mol. The number of carbonyl (C=O) groups excluding carboxylic acids is 1. The van der Waals surface area contributed by atoms with Crippen LogP contribution in [0.4, 0.5) is 8.78 Å². The first-order valence-electron chi connectivity index (χ1n) is 4.90. The molecule has 0 bridgehead atoms. The lowest BCUT2D eigenvalue weighted by Gasteiger charge is -2.23. The number of carboxylic acid groups (broad SMARTS) is 1. The van der Waals surface area contributed by atoms with Crippen LogP contribution in [0.3, 0.4) is 0 Å². The third-order valence-electron chi connectivity index (χ3n) is 2.33. The van der Waals surface area contributed by atoms with Crippen LogP contribution in [0.2, 0.25) is 0 Å². The van der Waals surface area contributed by atoms with Crippen molar-refractivity contribution in [1.82, 2.24) is 4.90 Å². The zero-order valence-corrected chi connectivity index (χ0v) is 9.06. The van der Waals surface area contributed by atoms with E-state index in [-0.39, 0.29) is 12.1 Å². The molecular weight excluding hydrogens is 232 g/mol. The Morgan fingerprint density at radius 1 is 1.47 bits per heavy atom. The number of likely N-dealkylation sites (N-methyl/N-ethyl adjacent to an activating group) is 1. The molecule has 1 aromatic carbocycles. The molecule has 0 spiro atoms. The van der Waals surface area contributed by atoms with Gasteiger partial charge in [0, 0.05) is 6.54 Å². The third-order valence-corrected chi connectivity index (χ3v) is 2.33. The lowest BCUT2D eigenvalue weighted by atomic mass is 10.1. The van der Waals surface area contributed by atoms with Crippen LogP contribution in [0, 0.1) is 11.6 Å². The highest BCUT2D eigenvalue weighted by Crippen LogP contribution is 2.21. The zero-order valence-electron chi connectivity index (χ0n) is 9.06. The Morgan fingerprint density at radius 3 is 2.53 bits per heavy atom. The quantitative estimate of drug-likeness (QED) is 0.798. The summed E-state index contributed by atoms with van der Waals surface area (Å²) in [5, 5.41) is 9.00. The summed E-state index contributed by atoms with van der Waals surface area (Å²) in [6, 6.07) is 1.44. The molecule has 1 aromatic rings. The number of halogens is 2. The van der Waals surface area contributed by atoms with Crippen LogP contribution >= 0.6 is 0 Å². The summed E-state index contributed by atoms with van der Waals surface area (Å²) in [7, 11) is 0. The van der Waals surface area contributed by atoms with Crippen molar-refractivity contribution in [2.45, 2.75) is 13.0 Å². The first kappa shape index (κ1) is 13.1. The predicted molar refractivity (Wildman–Crippen MR) is 55.2 cm³/mol. The maximum absolute atomic E-state index is 13.0. The summed E-state index contributed by atoms with van der Waals surface area (Å²) in [6.07, 6.45) is 0.361. The van der Waals surface area contributed by atoms with Crippen molar-refractivity contribution in [3.8, 4) is 0 Å². The maximum Gasteiger partial charge on any atom is 0.331 e. The second-order valence-corrected chi connectivity index (χ2v) is 3.35. The van der Waals surface area contributed by atoms with E-state index in [1.165, 1.54) is 0 Å². The van der Waals surface area contributed by atoms with Gasteiger partial charge in [-0.15, -0.1) is 0 Å². The van der Waals surface area contributed by atoms with E-state index in [2.05, 4.69) is 0 Å². The lowest BCUT2D eigenvalue weighted by Crippen LogP contribution is -2.33. The Labute approximate surface area is 96.5 Å². The minimum atomic E-state index is -1.31. The van der Waals surface area contributed by atoms with Gasteiger partial charge in [-0.05, 0) is 24.6 Å².